The van der Waals surface area contributed by atoms with Gasteiger partial charge in [-0.15, -0.1) is 0 Å². The van der Waals surface area contributed by atoms with E-state index in [1.807, 2.05) is 13.1 Å². The zero-order chi connectivity index (χ0) is 5.91. The third-order valence-corrected chi connectivity index (χ3v) is 2.17. The average Bonchev–Trinajstić information content (AvgIpc) is 1.68. The Hall–Kier alpha value is 0.0569. The molecule has 4 nitrogen and oxygen atoms in total. The number of hydrogen-bond donors (Lipinski definition) is 4. The maximum absolute atomic E-state index is 5.09. The summed E-state index contributed by atoms with van der Waals surface area (Å²) in [7, 11) is -1.60. The molecule has 6 N–H and O–H groups in total. The molecular formula is C2H12N4Si. The third-order valence-electron chi connectivity index (χ3n) is 0.722. The standard InChI is InChI=1S/C2H12N4Si/c1-7(2,5-3)6-4/h5-6H,3-4H2,1-2H3. The zero-order valence-electron chi connectivity index (χ0n) is 4.65. The Kier molecular flexibility index (Phi) is 2.41. The van der Waals surface area contributed by atoms with Crippen molar-refractivity contribution in [2.24, 2.45) is 11.7 Å². The monoisotopic (exact) mass is 120 g/mol. The van der Waals surface area contributed by atoms with Crippen LogP contribution in [0.5, 0.6) is 0 Å². The van der Waals surface area contributed by atoms with Gasteiger partial charge in [-0.1, -0.05) is 0 Å². The van der Waals surface area contributed by atoms with Gasteiger partial charge < -0.3 is 0 Å². The second kappa shape index (κ2) is 2.39. The van der Waals surface area contributed by atoms with Crippen LogP contribution in [0.3, 0.4) is 0 Å². The van der Waals surface area contributed by atoms with Gasteiger partial charge in [-0.25, -0.2) is 0 Å². The van der Waals surface area contributed by atoms with E-state index < -0.39 is 8.40 Å². The van der Waals surface area contributed by atoms with Crippen molar-refractivity contribution in [2.75, 3.05) is 0 Å². The minimum absolute atomic E-state index is 1.60. The SMILES string of the molecule is C[Si](C)(NN)NN. The highest BCUT2D eigenvalue weighted by Crippen LogP contribution is 1.81. The predicted molar refractivity (Wildman–Crippen MR) is 32.1 cm³/mol. The van der Waals surface area contributed by atoms with E-state index in [2.05, 4.69) is 10.2 Å². The van der Waals surface area contributed by atoms with Gasteiger partial charge in [-0.2, -0.15) is 0 Å². The molecule has 0 fully saturated rings. The van der Waals surface area contributed by atoms with E-state index in [-0.39, 0.29) is 0 Å². The molecule has 0 aromatic carbocycles. The Morgan fingerprint density at radius 3 is 1.43 bits per heavy atom. The van der Waals surface area contributed by atoms with Crippen molar-refractivity contribution in [1.82, 2.24) is 10.2 Å². The number of nitrogens with one attached hydrogen (secondary N) is 2. The summed E-state index contributed by atoms with van der Waals surface area (Å²) < 4.78 is 0. The maximum atomic E-state index is 5.09. The summed E-state index contributed by atoms with van der Waals surface area (Å²) in [6.45, 7) is 3.93. The predicted octanol–water partition coefficient (Wildman–Crippen LogP) is -1.39. The van der Waals surface area contributed by atoms with Gasteiger partial charge in [-0.05, 0) is 13.1 Å². The summed E-state index contributed by atoms with van der Waals surface area (Å²) in [5, 5.41) is 5.19. The molecule has 0 amide bonds. The summed E-state index contributed by atoms with van der Waals surface area (Å²) >= 11 is 0. The largest absolute Gasteiger partial charge is 0.277 e. The Bertz CT molecular complexity index is 47.7. The first-order chi connectivity index (χ1) is 3.12. The second-order valence-corrected chi connectivity index (χ2v) is 5.74. The Labute approximate surface area is 44.4 Å². The minimum Gasteiger partial charge on any atom is -0.277 e. The van der Waals surface area contributed by atoms with Gasteiger partial charge in [0.2, 0.25) is 8.40 Å². The highest BCUT2D eigenvalue weighted by atomic mass is 28.3. The summed E-state index contributed by atoms with van der Waals surface area (Å²) in [4.78, 5) is 0. The van der Waals surface area contributed by atoms with Crippen molar-refractivity contribution in [3.05, 3.63) is 0 Å². The van der Waals surface area contributed by atoms with E-state index >= 15 is 0 Å². The van der Waals surface area contributed by atoms with Crippen LogP contribution < -0.4 is 21.9 Å². The van der Waals surface area contributed by atoms with Crippen molar-refractivity contribution in [2.45, 2.75) is 13.1 Å². The molecule has 0 aliphatic heterocycles. The van der Waals surface area contributed by atoms with Crippen LogP contribution in [0, 0.1) is 0 Å². The lowest BCUT2D eigenvalue weighted by Crippen LogP contribution is -2.63. The third kappa shape index (κ3) is 2.72. The van der Waals surface area contributed by atoms with Gasteiger partial charge in [0.1, 0.15) is 0 Å². The topological polar surface area (TPSA) is 76.1 Å². The molecule has 0 unspecified atom stereocenters. The molecule has 0 aromatic rings. The molecule has 5 heteroatoms. The van der Waals surface area contributed by atoms with Gasteiger partial charge >= 0.3 is 0 Å². The highest BCUT2D eigenvalue weighted by Gasteiger charge is 2.14. The molecule has 0 spiro atoms. The molecule has 44 valence electrons. The van der Waals surface area contributed by atoms with E-state index in [0.29, 0.717) is 0 Å². The average molecular weight is 120 g/mol. The zero-order valence-corrected chi connectivity index (χ0v) is 5.65. The van der Waals surface area contributed by atoms with Crippen LogP contribution in [-0.4, -0.2) is 8.40 Å². The van der Waals surface area contributed by atoms with Crippen LogP contribution in [0.25, 0.3) is 0 Å². The number of nitrogens with two attached hydrogens (primary N) is 2. The lowest BCUT2D eigenvalue weighted by atomic mass is 11.9. The van der Waals surface area contributed by atoms with E-state index in [1.54, 1.807) is 0 Å². The fraction of sp³-hybridized carbons (Fsp3) is 1.00. The molecule has 0 heterocycles. The van der Waals surface area contributed by atoms with Crippen molar-refractivity contribution in [1.29, 1.82) is 0 Å². The number of hydrogen-bond acceptors (Lipinski definition) is 4. The van der Waals surface area contributed by atoms with Crippen LogP contribution in [-0.2, 0) is 0 Å². The molecule has 0 rings (SSSR count). The van der Waals surface area contributed by atoms with Crippen LogP contribution in [0.4, 0.5) is 0 Å². The Morgan fingerprint density at radius 1 is 1.14 bits per heavy atom. The Morgan fingerprint density at radius 2 is 1.43 bits per heavy atom. The molecular weight excluding hydrogens is 108 g/mol. The molecule has 7 heavy (non-hydrogen) atoms. The highest BCUT2D eigenvalue weighted by molar-refractivity contribution is 6.72. The van der Waals surface area contributed by atoms with E-state index in [1.165, 1.54) is 0 Å². The maximum Gasteiger partial charge on any atom is 0.221 e. The summed E-state index contributed by atoms with van der Waals surface area (Å²) in [6, 6.07) is 0. The first-order valence-corrected chi connectivity index (χ1v) is 5.08. The van der Waals surface area contributed by atoms with E-state index in [4.69, 9.17) is 11.7 Å². The summed E-state index contributed by atoms with van der Waals surface area (Å²) in [6.07, 6.45) is 0. The van der Waals surface area contributed by atoms with Gasteiger partial charge in [0.05, 0.1) is 0 Å². The molecule has 0 aliphatic rings. The lowest BCUT2D eigenvalue weighted by Gasteiger charge is -2.17. The number of rotatable bonds is 2. The summed E-state index contributed by atoms with van der Waals surface area (Å²) in [5.74, 6) is 10.2. The van der Waals surface area contributed by atoms with E-state index in [9.17, 15) is 0 Å². The first-order valence-electron chi connectivity index (χ1n) is 2.08. The lowest BCUT2D eigenvalue weighted by molar-refractivity contribution is 0.903. The van der Waals surface area contributed by atoms with Crippen molar-refractivity contribution in [3.8, 4) is 0 Å². The van der Waals surface area contributed by atoms with E-state index in [0.717, 1.165) is 0 Å². The molecule has 0 aliphatic carbocycles. The fourth-order valence-corrected chi connectivity index (χ4v) is 0.125. The van der Waals surface area contributed by atoms with Crippen LogP contribution in [0.2, 0.25) is 13.1 Å². The normalized spacial score (nSPS) is 12.0. The summed E-state index contributed by atoms with van der Waals surface area (Å²) in [5.41, 5.74) is 0. The molecule has 0 radical (unpaired) electrons. The van der Waals surface area contributed by atoms with Crippen LogP contribution in [0.1, 0.15) is 0 Å². The fourth-order valence-electron chi connectivity index (χ4n) is 0.0417. The molecule has 0 bridgehead atoms. The van der Waals surface area contributed by atoms with Crippen LogP contribution in [0.15, 0.2) is 0 Å². The molecule has 0 atom stereocenters. The van der Waals surface area contributed by atoms with Gasteiger partial charge in [0, 0.05) is 0 Å². The van der Waals surface area contributed by atoms with Gasteiger partial charge in [0.15, 0.2) is 0 Å². The van der Waals surface area contributed by atoms with Gasteiger partial charge in [0.25, 0.3) is 0 Å². The smallest absolute Gasteiger partial charge is 0.221 e. The second-order valence-electron chi connectivity index (χ2n) is 1.91. The molecule has 0 saturated carbocycles. The minimum atomic E-state index is -1.60. The first kappa shape index (κ1) is 7.06. The molecule has 0 saturated heterocycles. The Balaban J connectivity index is 3.36. The van der Waals surface area contributed by atoms with Crippen molar-refractivity contribution in [3.63, 3.8) is 0 Å². The van der Waals surface area contributed by atoms with Gasteiger partial charge in [-0.3, -0.25) is 21.9 Å². The quantitative estimate of drug-likeness (QED) is 0.206. The van der Waals surface area contributed by atoms with Crippen molar-refractivity contribution >= 4 is 8.40 Å². The van der Waals surface area contributed by atoms with Crippen molar-refractivity contribution < 1.29 is 0 Å². The number of hydrazine groups is 2. The van der Waals surface area contributed by atoms with Crippen LogP contribution >= 0.6 is 0 Å². The molecule has 0 aromatic heterocycles.